The molecule has 0 N–H and O–H groups in total. The van der Waals surface area contributed by atoms with Crippen molar-refractivity contribution in [3.05, 3.63) is 69.8 Å². The van der Waals surface area contributed by atoms with Crippen LogP contribution in [0.15, 0.2) is 52.4 Å². The quantitative estimate of drug-likeness (QED) is 0.413. The Morgan fingerprint density at radius 3 is 2.63 bits per heavy atom. The molecule has 4 aromatic rings. The SMILES string of the molecule is CCCn1c(SCc2cc(=O)n3c(C)cccc3n2)nc2ccc(C(F)(F)F)cc21. The number of halogens is 3. The number of hydrogen-bond acceptors (Lipinski definition) is 4. The van der Waals surface area contributed by atoms with Crippen LogP contribution in [0.4, 0.5) is 13.2 Å². The standard InChI is InChI=1S/C21H19F3N4OS/c1-3-9-27-17-10-14(21(22,23)24)7-8-16(17)26-20(27)30-12-15-11-19(29)28-13(2)5-4-6-18(28)25-15/h4-8,10-11H,3,9,12H2,1-2H3. The van der Waals surface area contributed by atoms with Gasteiger partial charge in [0, 0.05) is 24.1 Å². The van der Waals surface area contributed by atoms with E-state index in [1.54, 1.807) is 15.0 Å². The van der Waals surface area contributed by atoms with Gasteiger partial charge >= 0.3 is 6.18 Å². The Kier molecular flexibility index (Phi) is 5.31. The minimum atomic E-state index is -4.40. The van der Waals surface area contributed by atoms with E-state index in [-0.39, 0.29) is 5.56 Å². The van der Waals surface area contributed by atoms with Crippen LogP contribution in [0.1, 0.15) is 30.3 Å². The lowest BCUT2D eigenvalue weighted by Crippen LogP contribution is -2.17. The molecule has 0 aliphatic heterocycles. The molecule has 0 amide bonds. The third-order valence-corrected chi connectivity index (χ3v) is 5.78. The summed E-state index contributed by atoms with van der Waals surface area (Å²) in [5, 5.41) is 0.609. The molecule has 5 nitrogen and oxygen atoms in total. The van der Waals surface area contributed by atoms with Gasteiger partial charge in [-0.2, -0.15) is 13.2 Å². The topological polar surface area (TPSA) is 52.2 Å². The Morgan fingerprint density at radius 1 is 1.10 bits per heavy atom. The maximum Gasteiger partial charge on any atom is 0.416 e. The number of hydrogen-bond donors (Lipinski definition) is 0. The van der Waals surface area contributed by atoms with Gasteiger partial charge < -0.3 is 4.57 Å². The van der Waals surface area contributed by atoms with Crippen molar-refractivity contribution < 1.29 is 13.2 Å². The van der Waals surface area contributed by atoms with Crippen LogP contribution < -0.4 is 5.56 Å². The summed E-state index contributed by atoms with van der Waals surface area (Å²) in [6, 6.07) is 10.5. The first-order valence-electron chi connectivity index (χ1n) is 9.46. The van der Waals surface area contributed by atoms with Crippen molar-refractivity contribution >= 4 is 28.4 Å². The molecule has 0 spiro atoms. The van der Waals surface area contributed by atoms with Crippen LogP contribution in [0.5, 0.6) is 0 Å². The van der Waals surface area contributed by atoms with E-state index in [1.807, 2.05) is 26.0 Å². The van der Waals surface area contributed by atoms with Gasteiger partial charge in [0.2, 0.25) is 0 Å². The Bertz CT molecular complexity index is 1290. The van der Waals surface area contributed by atoms with Crippen LogP contribution in [-0.4, -0.2) is 18.9 Å². The second kappa shape index (κ2) is 7.79. The molecule has 1 aromatic carbocycles. The lowest BCUT2D eigenvalue weighted by atomic mass is 10.2. The number of alkyl halides is 3. The molecule has 0 aliphatic rings. The highest BCUT2D eigenvalue weighted by Crippen LogP contribution is 2.33. The van der Waals surface area contributed by atoms with Gasteiger partial charge in [0.05, 0.1) is 22.3 Å². The van der Waals surface area contributed by atoms with Crippen molar-refractivity contribution in [3.63, 3.8) is 0 Å². The highest BCUT2D eigenvalue weighted by atomic mass is 32.2. The fraction of sp³-hybridized carbons (Fsp3) is 0.286. The number of fused-ring (bicyclic) bond motifs is 2. The fourth-order valence-corrected chi connectivity index (χ4v) is 4.34. The molecule has 0 unspecified atom stereocenters. The van der Waals surface area contributed by atoms with E-state index in [9.17, 15) is 18.0 Å². The molecule has 0 fully saturated rings. The van der Waals surface area contributed by atoms with Gasteiger partial charge in [-0.3, -0.25) is 9.20 Å². The predicted octanol–water partition coefficient (Wildman–Crippen LogP) is 5.07. The number of thioether (sulfide) groups is 1. The number of imidazole rings is 1. The average molecular weight is 432 g/mol. The highest BCUT2D eigenvalue weighted by molar-refractivity contribution is 7.98. The molecule has 3 heterocycles. The number of pyridine rings is 1. The fourth-order valence-electron chi connectivity index (χ4n) is 3.40. The monoisotopic (exact) mass is 432 g/mol. The van der Waals surface area contributed by atoms with E-state index in [4.69, 9.17) is 0 Å². The van der Waals surface area contributed by atoms with E-state index in [2.05, 4.69) is 9.97 Å². The summed E-state index contributed by atoms with van der Waals surface area (Å²) in [5.74, 6) is 0.388. The molecule has 9 heteroatoms. The molecule has 0 bridgehead atoms. The first-order chi connectivity index (χ1) is 14.3. The Labute approximate surface area is 174 Å². The molecular formula is C21H19F3N4OS. The van der Waals surface area contributed by atoms with E-state index >= 15 is 0 Å². The minimum Gasteiger partial charge on any atom is -0.319 e. The Morgan fingerprint density at radius 2 is 1.90 bits per heavy atom. The van der Waals surface area contributed by atoms with Gasteiger partial charge in [-0.25, -0.2) is 9.97 Å². The molecular weight excluding hydrogens is 413 g/mol. The van der Waals surface area contributed by atoms with Gasteiger partial charge in [0.25, 0.3) is 5.56 Å². The Hall–Kier alpha value is -2.81. The molecule has 0 aliphatic carbocycles. The Balaban J connectivity index is 1.69. The molecule has 0 saturated carbocycles. The van der Waals surface area contributed by atoms with E-state index < -0.39 is 11.7 Å². The van der Waals surface area contributed by atoms with Gasteiger partial charge in [-0.15, -0.1) is 0 Å². The summed E-state index contributed by atoms with van der Waals surface area (Å²) in [7, 11) is 0. The summed E-state index contributed by atoms with van der Waals surface area (Å²) < 4.78 is 42.7. The van der Waals surface area contributed by atoms with Crippen molar-refractivity contribution in [3.8, 4) is 0 Å². The van der Waals surface area contributed by atoms with Gasteiger partial charge in [-0.05, 0) is 43.7 Å². The number of benzene rings is 1. The highest BCUT2D eigenvalue weighted by Gasteiger charge is 2.31. The van der Waals surface area contributed by atoms with E-state index in [0.29, 0.717) is 39.8 Å². The summed E-state index contributed by atoms with van der Waals surface area (Å²) in [6.45, 7) is 4.35. The summed E-state index contributed by atoms with van der Waals surface area (Å²) >= 11 is 1.36. The number of rotatable bonds is 5. The van der Waals surface area contributed by atoms with Crippen molar-refractivity contribution in [1.82, 2.24) is 18.9 Å². The smallest absolute Gasteiger partial charge is 0.319 e. The zero-order chi connectivity index (χ0) is 21.5. The number of aromatic nitrogens is 4. The van der Waals surface area contributed by atoms with Crippen molar-refractivity contribution in [2.24, 2.45) is 0 Å². The predicted molar refractivity (Wildman–Crippen MR) is 111 cm³/mol. The van der Waals surface area contributed by atoms with Crippen LogP contribution in [0.3, 0.4) is 0 Å². The third-order valence-electron chi connectivity index (χ3n) is 4.77. The van der Waals surface area contributed by atoms with Crippen molar-refractivity contribution in [1.29, 1.82) is 0 Å². The maximum atomic E-state index is 13.1. The lowest BCUT2D eigenvalue weighted by Gasteiger charge is -2.10. The maximum absolute atomic E-state index is 13.1. The lowest BCUT2D eigenvalue weighted by molar-refractivity contribution is -0.137. The molecule has 0 saturated heterocycles. The van der Waals surface area contributed by atoms with Crippen molar-refractivity contribution in [2.75, 3.05) is 0 Å². The normalized spacial score (nSPS) is 12.2. The van der Waals surface area contributed by atoms with Crippen molar-refractivity contribution in [2.45, 2.75) is 43.9 Å². The summed E-state index contributed by atoms with van der Waals surface area (Å²) in [4.78, 5) is 21.5. The van der Waals surface area contributed by atoms with Gasteiger partial charge in [0.15, 0.2) is 5.16 Å². The largest absolute Gasteiger partial charge is 0.416 e. The van der Waals surface area contributed by atoms with E-state index in [1.165, 1.54) is 23.9 Å². The molecule has 3 aromatic heterocycles. The second-order valence-electron chi connectivity index (χ2n) is 6.98. The first-order valence-corrected chi connectivity index (χ1v) is 10.4. The molecule has 0 atom stereocenters. The van der Waals surface area contributed by atoms with Crippen LogP contribution in [0.25, 0.3) is 16.7 Å². The van der Waals surface area contributed by atoms with Gasteiger partial charge in [-0.1, -0.05) is 24.8 Å². The molecule has 156 valence electrons. The summed E-state index contributed by atoms with van der Waals surface area (Å²) in [6.07, 6.45) is -3.65. The van der Waals surface area contributed by atoms with Gasteiger partial charge in [0.1, 0.15) is 5.65 Å². The molecule has 4 rings (SSSR count). The first kappa shape index (κ1) is 20.5. The van der Waals surface area contributed by atoms with Crippen LogP contribution in [0, 0.1) is 6.92 Å². The number of aryl methyl sites for hydroxylation is 2. The zero-order valence-electron chi connectivity index (χ0n) is 16.4. The van der Waals surface area contributed by atoms with Crippen LogP contribution in [0.2, 0.25) is 0 Å². The third kappa shape index (κ3) is 3.81. The van der Waals surface area contributed by atoms with Crippen LogP contribution in [-0.2, 0) is 18.5 Å². The zero-order valence-corrected chi connectivity index (χ0v) is 17.2. The molecule has 0 radical (unpaired) electrons. The average Bonchev–Trinajstić information content (AvgIpc) is 3.03. The summed E-state index contributed by atoms with van der Waals surface area (Å²) in [5.41, 5.74) is 2.08. The number of nitrogens with zero attached hydrogens (tertiary/aromatic N) is 4. The van der Waals surface area contributed by atoms with E-state index in [0.717, 1.165) is 24.2 Å². The minimum absolute atomic E-state index is 0.161. The second-order valence-corrected chi connectivity index (χ2v) is 7.92. The molecule has 30 heavy (non-hydrogen) atoms. The van der Waals surface area contributed by atoms with Crippen LogP contribution >= 0.6 is 11.8 Å².